The summed E-state index contributed by atoms with van der Waals surface area (Å²) in [6, 6.07) is 17.0. The van der Waals surface area contributed by atoms with Gasteiger partial charge in [0.15, 0.2) is 0 Å². The first-order chi connectivity index (χ1) is 14.8. The largest absolute Gasteiger partial charge is 0.350 e. The topological polar surface area (TPSA) is 49.4 Å². The molecular weight excluding hydrogens is 391 g/mol. The van der Waals surface area contributed by atoms with Crippen molar-refractivity contribution in [1.29, 1.82) is 0 Å². The molecule has 0 aliphatic carbocycles. The quantitative estimate of drug-likeness (QED) is 0.577. The molecule has 0 saturated heterocycles. The predicted molar refractivity (Wildman–Crippen MR) is 121 cm³/mol. The molecule has 1 aliphatic heterocycles. The first kappa shape index (κ1) is 20.5. The van der Waals surface area contributed by atoms with Gasteiger partial charge in [0.2, 0.25) is 0 Å². The number of amides is 2. The van der Waals surface area contributed by atoms with Crippen molar-refractivity contribution in [2.45, 2.75) is 27.7 Å². The highest BCUT2D eigenvalue weighted by Gasteiger charge is 2.41. The van der Waals surface area contributed by atoms with Gasteiger partial charge < -0.3 is 5.32 Å². The van der Waals surface area contributed by atoms with Crippen LogP contribution in [-0.4, -0.2) is 11.8 Å². The number of nitrogens with zero attached hydrogens (tertiary/aromatic N) is 1. The number of carbonyl (C=O) groups excluding carboxylic acids is 2. The average Bonchev–Trinajstić information content (AvgIpc) is 2.97. The van der Waals surface area contributed by atoms with Gasteiger partial charge in [-0.15, -0.1) is 0 Å². The Kier molecular flexibility index (Phi) is 5.19. The maximum Gasteiger partial charge on any atom is 0.282 e. The first-order valence-corrected chi connectivity index (χ1v) is 10.1. The summed E-state index contributed by atoms with van der Waals surface area (Å²) >= 11 is 0. The minimum Gasteiger partial charge on any atom is -0.350 e. The van der Waals surface area contributed by atoms with Crippen LogP contribution in [0.5, 0.6) is 0 Å². The lowest BCUT2D eigenvalue weighted by Crippen LogP contribution is -2.33. The van der Waals surface area contributed by atoms with Crippen LogP contribution in [0.15, 0.2) is 66.4 Å². The van der Waals surface area contributed by atoms with E-state index >= 15 is 0 Å². The van der Waals surface area contributed by atoms with Gasteiger partial charge >= 0.3 is 0 Å². The molecule has 5 heteroatoms. The fourth-order valence-corrected chi connectivity index (χ4v) is 3.82. The second-order valence-corrected chi connectivity index (χ2v) is 7.87. The van der Waals surface area contributed by atoms with Crippen molar-refractivity contribution in [2.24, 2.45) is 0 Å². The van der Waals surface area contributed by atoms with E-state index < -0.39 is 17.6 Å². The number of rotatable bonds is 4. The van der Waals surface area contributed by atoms with E-state index in [4.69, 9.17) is 0 Å². The van der Waals surface area contributed by atoms with Gasteiger partial charge in [-0.05, 0) is 74.2 Å². The van der Waals surface area contributed by atoms with Crippen molar-refractivity contribution in [3.8, 4) is 0 Å². The summed E-state index contributed by atoms with van der Waals surface area (Å²) in [6.07, 6.45) is 0. The highest BCUT2D eigenvalue weighted by Crippen LogP contribution is 2.36. The fraction of sp³-hybridized carbons (Fsp3) is 0.154. The van der Waals surface area contributed by atoms with Gasteiger partial charge in [-0.3, -0.25) is 9.59 Å². The molecule has 0 unspecified atom stereocenters. The Hall–Kier alpha value is -3.73. The zero-order valence-electron chi connectivity index (χ0n) is 17.9. The lowest BCUT2D eigenvalue weighted by molar-refractivity contribution is -0.120. The van der Waals surface area contributed by atoms with Gasteiger partial charge in [0.05, 0.1) is 11.3 Å². The number of hydrogen-bond donors (Lipinski definition) is 1. The highest BCUT2D eigenvalue weighted by atomic mass is 19.1. The molecule has 3 aromatic carbocycles. The van der Waals surface area contributed by atoms with Crippen molar-refractivity contribution >= 4 is 28.8 Å². The van der Waals surface area contributed by atoms with Crippen LogP contribution in [0.4, 0.5) is 15.8 Å². The molecule has 0 atom stereocenters. The number of benzene rings is 3. The molecule has 0 aromatic heterocycles. The van der Waals surface area contributed by atoms with E-state index in [-0.39, 0.29) is 11.3 Å². The molecule has 1 aliphatic rings. The second-order valence-electron chi connectivity index (χ2n) is 7.87. The van der Waals surface area contributed by atoms with Gasteiger partial charge in [0.25, 0.3) is 11.8 Å². The number of halogens is 1. The van der Waals surface area contributed by atoms with E-state index in [1.807, 2.05) is 58.0 Å². The molecular formula is C26H23FN2O2. The molecule has 4 rings (SSSR count). The standard InChI is InChI=1S/C26H23FN2O2/c1-15-8-13-21(17(3)14-15)28-24-23(19-9-11-20(27)12-10-19)25(30)29(26(24)31)22-7-5-6-16(2)18(22)4/h5-14,28H,1-4H3. The van der Waals surface area contributed by atoms with E-state index in [2.05, 4.69) is 5.32 Å². The van der Waals surface area contributed by atoms with E-state index in [0.717, 1.165) is 27.9 Å². The predicted octanol–water partition coefficient (Wildman–Crippen LogP) is 5.46. The number of nitrogens with one attached hydrogen (secondary N) is 1. The van der Waals surface area contributed by atoms with Gasteiger partial charge in [-0.1, -0.05) is 42.0 Å². The Bertz CT molecular complexity index is 1240. The summed E-state index contributed by atoms with van der Waals surface area (Å²) in [5, 5.41) is 3.19. The molecule has 2 amide bonds. The first-order valence-electron chi connectivity index (χ1n) is 10.1. The Morgan fingerprint density at radius 3 is 2.19 bits per heavy atom. The van der Waals surface area contributed by atoms with Crippen LogP contribution >= 0.6 is 0 Å². The van der Waals surface area contributed by atoms with Crippen molar-refractivity contribution in [2.75, 3.05) is 10.2 Å². The normalized spacial score (nSPS) is 13.9. The van der Waals surface area contributed by atoms with E-state index in [0.29, 0.717) is 11.3 Å². The smallest absolute Gasteiger partial charge is 0.282 e. The maximum absolute atomic E-state index is 13.5. The summed E-state index contributed by atoms with van der Waals surface area (Å²) in [7, 11) is 0. The summed E-state index contributed by atoms with van der Waals surface area (Å²) in [6.45, 7) is 7.76. The SMILES string of the molecule is Cc1ccc(NC2=C(c3ccc(F)cc3)C(=O)N(c3cccc(C)c3C)C2=O)c(C)c1. The summed E-state index contributed by atoms with van der Waals surface area (Å²) < 4.78 is 13.5. The summed E-state index contributed by atoms with van der Waals surface area (Å²) in [5.74, 6) is -1.27. The molecule has 3 aromatic rings. The summed E-state index contributed by atoms with van der Waals surface area (Å²) in [4.78, 5) is 28.2. The number of carbonyl (C=O) groups is 2. The number of hydrogen-bond acceptors (Lipinski definition) is 3. The van der Waals surface area contributed by atoms with Crippen LogP contribution in [0.3, 0.4) is 0 Å². The minimum atomic E-state index is -0.433. The second kappa shape index (κ2) is 7.84. The molecule has 0 bridgehead atoms. The van der Waals surface area contributed by atoms with Gasteiger partial charge in [-0.2, -0.15) is 0 Å². The average molecular weight is 414 g/mol. The van der Waals surface area contributed by atoms with E-state index in [9.17, 15) is 14.0 Å². The molecule has 0 radical (unpaired) electrons. The molecule has 156 valence electrons. The van der Waals surface area contributed by atoms with Crippen LogP contribution in [0.2, 0.25) is 0 Å². The van der Waals surface area contributed by atoms with Crippen LogP contribution in [0, 0.1) is 33.5 Å². The Morgan fingerprint density at radius 2 is 1.52 bits per heavy atom. The minimum absolute atomic E-state index is 0.185. The molecule has 0 saturated carbocycles. The fourth-order valence-electron chi connectivity index (χ4n) is 3.82. The van der Waals surface area contributed by atoms with Gasteiger partial charge in [0.1, 0.15) is 11.5 Å². The third-order valence-electron chi connectivity index (χ3n) is 5.68. The van der Waals surface area contributed by atoms with E-state index in [1.54, 1.807) is 6.07 Å². The van der Waals surface area contributed by atoms with Crippen LogP contribution < -0.4 is 10.2 Å². The van der Waals surface area contributed by atoms with Crippen LogP contribution in [0.1, 0.15) is 27.8 Å². The van der Waals surface area contributed by atoms with Gasteiger partial charge in [0, 0.05) is 5.69 Å². The monoisotopic (exact) mass is 414 g/mol. The van der Waals surface area contributed by atoms with Crippen LogP contribution in [0.25, 0.3) is 5.57 Å². The number of imide groups is 1. The van der Waals surface area contributed by atoms with Crippen molar-refractivity contribution < 1.29 is 14.0 Å². The van der Waals surface area contributed by atoms with Crippen LogP contribution in [-0.2, 0) is 9.59 Å². The van der Waals surface area contributed by atoms with Crippen molar-refractivity contribution in [3.63, 3.8) is 0 Å². The lowest BCUT2D eigenvalue weighted by Gasteiger charge is -2.19. The zero-order valence-corrected chi connectivity index (χ0v) is 17.9. The summed E-state index contributed by atoms with van der Waals surface area (Å²) in [5.41, 5.74) is 6.08. The maximum atomic E-state index is 13.5. The lowest BCUT2D eigenvalue weighted by atomic mass is 10.0. The Labute approximate surface area is 181 Å². The third kappa shape index (κ3) is 3.63. The Morgan fingerprint density at radius 1 is 0.806 bits per heavy atom. The number of aryl methyl sites for hydroxylation is 3. The highest BCUT2D eigenvalue weighted by molar-refractivity contribution is 6.46. The van der Waals surface area contributed by atoms with Crippen molar-refractivity contribution in [3.05, 3.63) is 100.0 Å². The molecule has 0 fully saturated rings. The molecule has 1 N–H and O–H groups in total. The molecule has 0 spiro atoms. The number of anilines is 2. The third-order valence-corrected chi connectivity index (χ3v) is 5.68. The Balaban J connectivity index is 1.87. The van der Waals surface area contributed by atoms with Crippen molar-refractivity contribution in [1.82, 2.24) is 0 Å². The molecule has 4 nitrogen and oxygen atoms in total. The molecule has 1 heterocycles. The molecule has 31 heavy (non-hydrogen) atoms. The van der Waals surface area contributed by atoms with E-state index in [1.165, 1.54) is 29.2 Å². The van der Waals surface area contributed by atoms with Gasteiger partial charge in [-0.25, -0.2) is 9.29 Å². The zero-order chi connectivity index (χ0) is 22.3.